The zero-order valence-corrected chi connectivity index (χ0v) is 11.3. The molecule has 1 amide bonds. The molecule has 4 rings (SSSR count). The second kappa shape index (κ2) is 3.93. The van der Waals surface area contributed by atoms with Crippen LogP contribution in [0.25, 0.3) is 0 Å². The van der Waals surface area contributed by atoms with Crippen LogP contribution in [0.3, 0.4) is 0 Å². The molecule has 0 radical (unpaired) electrons. The van der Waals surface area contributed by atoms with Crippen LogP contribution in [0.2, 0.25) is 0 Å². The maximum absolute atomic E-state index is 12.9. The Morgan fingerprint density at radius 2 is 1.75 bits per heavy atom. The van der Waals surface area contributed by atoms with Crippen LogP contribution in [0.4, 0.5) is 5.69 Å². The minimum atomic E-state index is -0.834. The zero-order valence-electron chi connectivity index (χ0n) is 11.3. The Labute approximate surface area is 117 Å². The van der Waals surface area contributed by atoms with Crippen molar-refractivity contribution in [2.24, 2.45) is 0 Å². The molecule has 0 N–H and O–H groups in total. The molecule has 3 heteroatoms. The number of benzene rings is 2. The third-order valence-electron chi connectivity index (χ3n) is 4.37. The Balaban J connectivity index is 1.92. The number of likely N-dealkylation sites (N-methyl/N-ethyl adjacent to an activating group) is 1. The first kappa shape index (κ1) is 11.7. The van der Waals surface area contributed by atoms with Gasteiger partial charge in [-0.3, -0.25) is 4.79 Å². The van der Waals surface area contributed by atoms with Gasteiger partial charge in [-0.25, -0.2) is 0 Å². The molecule has 0 saturated carbocycles. The van der Waals surface area contributed by atoms with E-state index >= 15 is 0 Å². The molecular weight excluding hydrogens is 250 g/mol. The van der Waals surface area contributed by atoms with Gasteiger partial charge in [0.15, 0.2) is 5.60 Å². The number of carbonyl (C=O) groups excluding carboxylic acids is 1. The third-order valence-corrected chi connectivity index (χ3v) is 4.37. The van der Waals surface area contributed by atoms with Crippen molar-refractivity contribution in [3.05, 3.63) is 65.2 Å². The summed E-state index contributed by atoms with van der Waals surface area (Å²) in [6.45, 7) is 0.512. The molecule has 0 aliphatic carbocycles. The number of anilines is 1. The summed E-state index contributed by atoms with van der Waals surface area (Å²) in [4.78, 5) is 14.6. The number of carbonyl (C=O) groups is 1. The quantitative estimate of drug-likeness (QED) is 0.733. The van der Waals surface area contributed by atoms with Gasteiger partial charge in [0.2, 0.25) is 0 Å². The number of ether oxygens (including phenoxy) is 1. The molecule has 0 aromatic heterocycles. The van der Waals surface area contributed by atoms with E-state index in [2.05, 4.69) is 6.07 Å². The number of hydrogen-bond donors (Lipinski definition) is 0. The van der Waals surface area contributed by atoms with Crippen molar-refractivity contribution in [3.8, 4) is 0 Å². The maximum atomic E-state index is 12.9. The van der Waals surface area contributed by atoms with Crippen molar-refractivity contribution in [2.75, 3.05) is 11.9 Å². The molecule has 100 valence electrons. The number of fused-ring (bicyclic) bond motifs is 3. The van der Waals surface area contributed by atoms with Gasteiger partial charge in [0.25, 0.3) is 5.91 Å². The van der Waals surface area contributed by atoms with Gasteiger partial charge in [-0.15, -0.1) is 0 Å². The summed E-state index contributed by atoms with van der Waals surface area (Å²) in [5.74, 6) is 0.0288. The highest BCUT2D eigenvalue weighted by Crippen LogP contribution is 2.45. The highest BCUT2D eigenvalue weighted by atomic mass is 16.5. The van der Waals surface area contributed by atoms with Gasteiger partial charge in [0.1, 0.15) is 0 Å². The fourth-order valence-corrected chi connectivity index (χ4v) is 3.35. The van der Waals surface area contributed by atoms with Crippen LogP contribution in [-0.4, -0.2) is 13.0 Å². The molecular formula is C17H15NO2. The molecule has 1 unspecified atom stereocenters. The van der Waals surface area contributed by atoms with Crippen LogP contribution in [0, 0.1) is 0 Å². The van der Waals surface area contributed by atoms with Crippen LogP contribution in [0.5, 0.6) is 0 Å². The molecule has 0 fully saturated rings. The van der Waals surface area contributed by atoms with Crippen LogP contribution in [0.15, 0.2) is 48.5 Å². The summed E-state index contributed by atoms with van der Waals surface area (Å²) < 4.78 is 6.00. The topological polar surface area (TPSA) is 29.5 Å². The lowest BCUT2D eigenvalue weighted by Crippen LogP contribution is -2.50. The second-order valence-corrected chi connectivity index (χ2v) is 5.44. The van der Waals surface area contributed by atoms with Crippen molar-refractivity contribution >= 4 is 11.6 Å². The maximum Gasteiger partial charge on any atom is 0.264 e. The van der Waals surface area contributed by atoms with Crippen molar-refractivity contribution in [2.45, 2.75) is 18.6 Å². The van der Waals surface area contributed by atoms with Crippen LogP contribution >= 0.6 is 0 Å². The predicted molar refractivity (Wildman–Crippen MR) is 76.5 cm³/mol. The van der Waals surface area contributed by atoms with Gasteiger partial charge in [0.05, 0.1) is 6.61 Å². The lowest BCUT2D eigenvalue weighted by molar-refractivity contribution is -0.144. The van der Waals surface area contributed by atoms with E-state index in [1.54, 1.807) is 4.90 Å². The molecule has 1 spiro atoms. The van der Waals surface area contributed by atoms with E-state index in [9.17, 15) is 4.79 Å². The molecule has 2 aliphatic heterocycles. The van der Waals surface area contributed by atoms with E-state index in [1.807, 2.05) is 49.5 Å². The summed E-state index contributed by atoms with van der Waals surface area (Å²) in [6.07, 6.45) is 0.614. The minimum absolute atomic E-state index is 0.0288. The minimum Gasteiger partial charge on any atom is -0.355 e. The monoisotopic (exact) mass is 265 g/mol. The number of para-hydroxylation sites is 1. The highest BCUT2D eigenvalue weighted by Gasteiger charge is 2.51. The first-order valence-corrected chi connectivity index (χ1v) is 6.81. The average Bonchev–Trinajstić information content (AvgIpc) is 2.85. The summed E-state index contributed by atoms with van der Waals surface area (Å²) in [5.41, 5.74) is 3.45. The van der Waals surface area contributed by atoms with Gasteiger partial charge in [-0.2, -0.15) is 0 Å². The number of nitrogens with zero attached hydrogens (tertiary/aromatic N) is 1. The smallest absolute Gasteiger partial charge is 0.264 e. The molecule has 0 bridgehead atoms. The van der Waals surface area contributed by atoms with Crippen LogP contribution < -0.4 is 4.90 Å². The van der Waals surface area contributed by atoms with Gasteiger partial charge < -0.3 is 9.64 Å². The van der Waals surface area contributed by atoms with Gasteiger partial charge in [-0.05, 0) is 22.8 Å². The fraction of sp³-hybridized carbons (Fsp3) is 0.235. The average molecular weight is 265 g/mol. The standard InChI is InChI=1S/C17H15NO2/c1-18-15-9-5-3-6-12(15)10-17(16(18)19)14-8-4-2-7-13(14)11-20-17/h2-9H,10-11H2,1H3. The van der Waals surface area contributed by atoms with Crippen LogP contribution in [0.1, 0.15) is 16.7 Å². The first-order chi connectivity index (χ1) is 9.72. The van der Waals surface area contributed by atoms with Crippen LogP contribution in [-0.2, 0) is 28.2 Å². The number of hydrogen-bond acceptors (Lipinski definition) is 2. The van der Waals surface area contributed by atoms with E-state index in [0.29, 0.717) is 13.0 Å². The third kappa shape index (κ3) is 1.36. The van der Waals surface area contributed by atoms with Crippen molar-refractivity contribution in [1.82, 2.24) is 0 Å². The summed E-state index contributed by atoms with van der Waals surface area (Å²) in [5, 5.41) is 0. The Hall–Kier alpha value is -2.13. The lowest BCUT2D eigenvalue weighted by atomic mass is 9.82. The molecule has 1 atom stereocenters. The molecule has 2 aliphatic rings. The molecule has 20 heavy (non-hydrogen) atoms. The van der Waals surface area contributed by atoms with E-state index in [0.717, 1.165) is 22.4 Å². The Morgan fingerprint density at radius 1 is 1.05 bits per heavy atom. The summed E-state index contributed by atoms with van der Waals surface area (Å²) >= 11 is 0. The molecule has 2 heterocycles. The fourth-order valence-electron chi connectivity index (χ4n) is 3.35. The molecule has 0 saturated heterocycles. The highest BCUT2D eigenvalue weighted by molar-refractivity contribution is 6.03. The van der Waals surface area contributed by atoms with Gasteiger partial charge in [-0.1, -0.05) is 42.5 Å². The largest absolute Gasteiger partial charge is 0.355 e. The normalized spacial score (nSPS) is 23.9. The Bertz CT molecular complexity index is 710. The zero-order chi connectivity index (χ0) is 13.7. The molecule has 2 aromatic carbocycles. The SMILES string of the molecule is CN1C(=O)C2(Cc3ccccc31)OCc1ccccc12. The van der Waals surface area contributed by atoms with E-state index in [-0.39, 0.29) is 5.91 Å². The lowest BCUT2D eigenvalue weighted by Gasteiger charge is -2.38. The second-order valence-electron chi connectivity index (χ2n) is 5.44. The molecule has 3 nitrogen and oxygen atoms in total. The Kier molecular flexibility index (Phi) is 2.30. The van der Waals surface area contributed by atoms with E-state index in [1.165, 1.54) is 0 Å². The number of rotatable bonds is 0. The van der Waals surface area contributed by atoms with E-state index in [4.69, 9.17) is 4.74 Å². The van der Waals surface area contributed by atoms with Crippen molar-refractivity contribution < 1.29 is 9.53 Å². The first-order valence-electron chi connectivity index (χ1n) is 6.81. The summed E-state index contributed by atoms with van der Waals surface area (Å²) in [7, 11) is 1.83. The molecule has 2 aromatic rings. The number of amides is 1. The van der Waals surface area contributed by atoms with Crippen molar-refractivity contribution in [3.63, 3.8) is 0 Å². The van der Waals surface area contributed by atoms with Gasteiger partial charge >= 0.3 is 0 Å². The summed E-state index contributed by atoms with van der Waals surface area (Å²) in [6, 6.07) is 16.1. The predicted octanol–water partition coefficient (Wildman–Crippen LogP) is 2.63. The van der Waals surface area contributed by atoms with Crippen molar-refractivity contribution in [1.29, 1.82) is 0 Å². The Morgan fingerprint density at radius 3 is 2.60 bits per heavy atom. The van der Waals surface area contributed by atoms with E-state index < -0.39 is 5.60 Å². The van der Waals surface area contributed by atoms with Gasteiger partial charge in [0, 0.05) is 19.2 Å².